The number of ether oxygens (including phenoxy) is 1. The molecule has 0 amide bonds. The van der Waals surface area contributed by atoms with Gasteiger partial charge in [0.25, 0.3) is 0 Å². The van der Waals surface area contributed by atoms with Crippen molar-refractivity contribution in [2.75, 3.05) is 5.32 Å². The van der Waals surface area contributed by atoms with Crippen LogP contribution < -0.4 is 10.1 Å². The molecule has 0 aliphatic carbocycles. The summed E-state index contributed by atoms with van der Waals surface area (Å²) in [6, 6.07) is 20.3. The maximum atomic E-state index is 13.4. The molecular weight excluding hydrogens is 321 g/mol. The van der Waals surface area contributed by atoms with Crippen molar-refractivity contribution >= 4 is 17.3 Å². The summed E-state index contributed by atoms with van der Waals surface area (Å²) in [7, 11) is 0. The number of carboxylic acids is 1. The lowest BCUT2D eigenvalue weighted by molar-refractivity contribution is 0.0698. The summed E-state index contributed by atoms with van der Waals surface area (Å²) in [5, 5.41) is 12.2. The van der Waals surface area contributed by atoms with Gasteiger partial charge in [-0.25, -0.2) is 9.18 Å². The summed E-state index contributed by atoms with van der Waals surface area (Å²) in [5.74, 6) is -0.860. The minimum absolute atomic E-state index is 0.00680. The van der Waals surface area contributed by atoms with Gasteiger partial charge in [-0.05, 0) is 48.0 Å². The highest BCUT2D eigenvalue weighted by Crippen LogP contribution is 2.23. The molecule has 0 atom stereocenters. The van der Waals surface area contributed by atoms with Crippen LogP contribution in [-0.2, 0) is 6.61 Å². The molecule has 0 unspecified atom stereocenters. The summed E-state index contributed by atoms with van der Waals surface area (Å²) < 4.78 is 19.1. The summed E-state index contributed by atoms with van der Waals surface area (Å²) in [4.78, 5) is 11.3. The van der Waals surface area contributed by atoms with Crippen molar-refractivity contribution in [2.45, 2.75) is 6.61 Å². The number of hydrogen-bond donors (Lipinski definition) is 2. The van der Waals surface area contributed by atoms with Crippen LogP contribution in [-0.4, -0.2) is 11.1 Å². The highest BCUT2D eigenvalue weighted by Gasteiger charge is 2.11. The summed E-state index contributed by atoms with van der Waals surface area (Å²) in [6.07, 6.45) is 0. The van der Waals surface area contributed by atoms with Gasteiger partial charge < -0.3 is 15.2 Å². The maximum absolute atomic E-state index is 13.4. The molecule has 0 saturated heterocycles. The number of carbonyl (C=O) groups is 1. The van der Waals surface area contributed by atoms with Gasteiger partial charge in [0.2, 0.25) is 0 Å². The fourth-order valence-corrected chi connectivity index (χ4v) is 2.38. The second-order valence-electron chi connectivity index (χ2n) is 5.42. The van der Waals surface area contributed by atoms with Crippen LogP contribution in [0.1, 0.15) is 15.9 Å². The van der Waals surface area contributed by atoms with E-state index in [2.05, 4.69) is 5.32 Å². The van der Waals surface area contributed by atoms with Crippen molar-refractivity contribution < 1.29 is 19.0 Å². The first-order chi connectivity index (χ1) is 12.1. The number of anilines is 2. The Labute approximate surface area is 144 Å². The quantitative estimate of drug-likeness (QED) is 0.675. The normalized spacial score (nSPS) is 10.3. The van der Waals surface area contributed by atoms with E-state index in [1.165, 1.54) is 6.07 Å². The third-order valence-electron chi connectivity index (χ3n) is 3.57. The molecule has 2 N–H and O–H groups in total. The fraction of sp³-hybridized carbons (Fsp3) is 0.0500. The van der Waals surface area contributed by atoms with E-state index in [-0.39, 0.29) is 11.3 Å². The molecule has 0 saturated carbocycles. The van der Waals surface area contributed by atoms with Crippen molar-refractivity contribution in [3.05, 3.63) is 89.7 Å². The number of para-hydroxylation sites is 1. The lowest BCUT2D eigenvalue weighted by atomic mass is 10.1. The Balaban J connectivity index is 1.76. The number of halogens is 1. The minimum atomic E-state index is -1.12. The Bertz CT molecular complexity index is 881. The molecule has 3 aromatic rings. The molecule has 4 nitrogen and oxygen atoms in total. The second kappa shape index (κ2) is 7.49. The van der Waals surface area contributed by atoms with Gasteiger partial charge in [-0.1, -0.05) is 30.3 Å². The van der Waals surface area contributed by atoms with Crippen molar-refractivity contribution in [2.24, 2.45) is 0 Å². The predicted octanol–water partition coefficient (Wildman–Crippen LogP) is 4.85. The number of hydrogen-bond acceptors (Lipinski definition) is 3. The summed E-state index contributed by atoms with van der Waals surface area (Å²) in [6.45, 7) is 0.370. The molecule has 5 heteroatoms. The Hall–Kier alpha value is -3.34. The Morgan fingerprint density at radius 3 is 2.56 bits per heavy atom. The lowest BCUT2D eigenvalue weighted by Crippen LogP contribution is -2.03. The second-order valence-corrected chi connectivity index (χ2v) is 5.42. The van der Waals surface area contributed by atoms with Gasteiger partial charge in [0.1, 0.15) is 18.2 Å². The van der Waals surface area contributed by atoms with E-state index >= 15 is 0 Å². The molecule has 126 valence electrons. The van der Waals surface area contributed by atoms with Crippen LogP contribution in [0.3, 0.4) is 0 Å². The third kappa shape index (κ3) is 4.35. The van der Waals surface area contributed by atoms with E-state index < -0.39 is 11.8 Å². The van der Waals surface area contributed by atoms with E-state index in [1.54, 1.807) is 6.07 Å². The maximum Gasteiger partial charge on any atom is 0.337 e. The van der Waals surface area contributed by atoms with Crippen LogP contribution in [0, 0.1) is 5.82 Å². The molecule has 0 fully saturated rings. The van der Waals surface area contributed by atoms with Crippen molar-refractivity contribution in [3.8, 4) is 5.75 Å². The van der Waals surface area contributed by atoms with Crippen molar-refractivity contribution in [3.63, 3.8) is 0 Å². The smallest absolute Gasteiger partial charge is 0.337 e. The Morgan fingerprint density at radius 1 is 1.00 bits per heavy atom. The molecule has 3 rings (SSSR count). The van der Waals surface area contributed by atoms with Gasteiger partial charge in [-0.3, -0.25) is 0 Å². The largest absolute Gasteiger partial charge is 0.489 e. The van der Waals surface area contributed by atoms with E-state index in [4.69, 9.17) is 4.74 Å². The number of nitrogens with one attached hydrogen (secondary N) is 1. The highest BCUT2D eigenvalue weighted by atomic mass is 19.1. The van der Waals surface area contributed by atoms with E-state index in [0.29, 0.717) is 12.3 Å². The fourth-order valence-electron chi connectivity index (χ4n) is 2.38. The zero-order valence-corrected chi connectivity index (χ0v) is 13.3. The highest BCUT2D eigenvalue weighted by molar-refractivity contribution is 5.95. The zero-order chi connectivity index (χ0) is 17.6. The average Bonchev–Trinajstić information content (AvgIpc) is 2.61. The van der Waals surface area contributed by atoms with Crippen LogP contribution in [0.5, 0.6) is 5.75 Å². The monoisotopic (exact) mass is 337 g/mol. The Morgan fingerprint density at radius 2 is 1.80 bits per heavy atom. The van der Waals surface area contributed by atoms with Crippen LogP contribution in [0.4, 0.5) is 15.8 Å². The molecular formula is C20H16FNO3. The van der Waals surface area contributed by atoms with E-state index in [1.807, 2.05) is 48.5 Å². The zero-order valence-electron chi connectivity index (χ0n) is 13.3. The average molecular weight is 337 g/mol. The van der Waals surface area contributed by atoms with E-state index in [9.17, 15) is 14.3 Å². The molecule has 0 heterocycles. The standard InChI is InChI=1S/C20H16FNO3/c21-15-9-10-18(20(23)24)19(12-15)22-16-6-4-5-14(11-16)13-25-17-7-2-1-3-8-17/h1-12,22H,13H2,(H,23,24). The third-order valence-corrected chi connectivity index (χ3v) is 3.57. The van der Waals surface area contributed by atoms with Gasteiger partial charge in [0.05, 0.1) is 11.3 Å². The number of carboxylic acid groups (broad SMARTS) is 1. The first-order valence-electron chi connectivity index (χ1n) is 7.68. The molecule has 0 radical (unpaired) electrons. The molecule has 3 aromatic carbocycles. The topological polar surface area (TPSA) is 58.6 Å². The van der Waals surface area contributed by atoms with Gasteiger partial charge in [-0.2, -0.15) is 0 Å². The number of rotatable bonds is 6. The first-order valence-corrected chi connectivity index (χ1v) is 7.68. The number of benzene rings is 3. The lowest BCUT2D eigenvalue weighted by Gasteiger charge is -2.12. The molecule has 0 spiro atoms. The SMILES string of the molecule is O=C(O)c1ccc(F)cc1Nc1cccc(COc2ccccc2)c1. The molecule has 0 aliphatic heterocycles. The van der Waals surface area contributed by atoms with Gasteiger partial charge in [0, 0.05) is 5.69 Å². The van der Waals surface area contributed by atoms with Crippen LogP contribution in [0.25, 0.3) is 0 Å². The van der Waals surface area contributed by atoms with Crippen LogP contribution >= 0.6 is 0 Å². The Kier molecular flexibility index (Phi) is 4.95. The molecule has 0 aromatic heterocycles. The summed E-state index contributed by atoms with van der Waals surface area (Å²) in [5.41, 5.74) is 1.77. The van der Waals surface area contributed by atoms with E-state index in [0.717, 1.165) is 23.4 Å². The van der Waals surface area contributed by atoms with Gasteiger partial charge >= 0.3 is 5.97 Å². The van der Waals surface area contributed by atoms with Gasteiger partial charge in [-0.15, -0.1) is 0 Å². The van der Waals surface area contributed by atoms with Crippen LogP contribution in [0.2, 0.25) is 0 Å². The molecule has 0 bridgehead atoms. The minimum Gasteiger partial charge on any atom is -0.489 e. The molecule has 0 aliphatic rings. The first kappa shape index (κ1) is 16.5. The predicted molar refractivity (Wildman–Crippen MR) is 93.9 cm³/mol. The van der Waals surface area contributed by atoms with Crippen molar-refractivity contribution in [1.82, 2.24) is 0 Å². The molecule has 25 heavy (non-hydrogen) atoms. The number of aromatic carboxylic acids is 1. The van der Waals surface area contributed by atoms with Crippen molar-refractivity contribution in [1.29, 1.82) is 0 Å². The van der Waals surface area contributed by atoms with Crippen LogP contribution in [0.15, 0.2) is 72.8 Å². The summed E-state index contributed by atoms with van der Waals surface area (Å²) >= 11 is 0. The van der Waals surface area contributed by atoms with Gasteiger partial charge in [0.15, 0.2) is 0 Å².